The molecule has 0 radical (unpaired) electrons. The molecule has 0 aromatic rings. The minimum atomic E-state index is -1.58. The van der Waals surface area contributed by atoms with E-state index in [1.165, 1.54) is 0 Å². The highest BCUT2D eigenvalue weighted by Crippen LogP contribution is 2.07. The molecule has 12 N–H and O–H groups in total. The van der Waals surface area contributed by atoms with Gasteiger partial charge in [-0.3, -0.25) is 28.8 Å². The lowest BCUT2D eigenvalue weighted by atomic mass is 10.0. The maximum absolute atomic E-state index is 12.8. The van der Waals surface area contributed by atoms with Crippen molar-refractivity contribution in [3.8, 4) is 0 Å². The minimum absolute atomic E-state index is 0.0993. The topological polar surface area (TPSA) is 280 Å². The molecule has 0 aliphatic rings. The average Bonchev–Trinajstić information content (AvgIpc) is 2.68. The number of nitrogens with one attached hydrogen (secondary N) is 3. The van der Waals surface area contributed by atoms with Gasteiger partial charge in [-0.25, -0.2) is 4.79 Å². The van der Waals surface area contributed by atoms with Gasteiger partial charge in [-0.1, -0.05) is 13.8 Å². The molecule has 0 aliphatic heterocycles. The molecule has 0 aromatic heterocycles. The van der Waals surface area contributed by atoms with Crippen molar-refractivity contribution in [2.45, 2.75) is 70.1 Å². The van der Waals surface area contributed by atoms with Gasteiger partial charge in [-0.2, -0.15) is 0 Å². The molecule has 0 saturated carbocycles. The van der Waals surface area contributed by atoms with Gasteiger partial charge in [0.05, 0.1) is 18.9 Å². The summed E-state index contributed by atoms with van der Waals surface area (Å²) in [6, 6.07) is -5.62. The number of primary amides is 3. The van der Waals surface area contributed by atoms with E-state index in [4.69, 9.17) is 22.9 Å². The van der Waals surface area contributed by atoms with Gasteiger partial charge >= 0.3 is 5.97 Å². The van der Waals surface area contributed by atoms with Crippen LogP contribution >= 0.6 is 0 Å². The maximum Gasteiger partial charge on any atom is 0.326 e. The summed E-state index contributed by atoms with van der Waals surface area (Å²) in [5.41, 5.74) is 20.7. The number of nitrogens with two attached hydrogens (primary N) is 4. The molecule has 0 bridgehead atoms. The van der Waals surface area contributed by atoms with E-state index in [1.54, 1.807) is 13.8 Å². The Bertz CT molecular complexity index is 802. The molecule has 6 amide bonds. The van der Waals surface area contributed by atoms with E-state index < -0.39 is 78.4 Å². The fourth-order valence-electron chi connectivity index (χ4n) is 2.79. The van der Waals surface area contributed by atoms with E-state index in [0.717, 1.165) is 0 Å². The third-order valence-corrected chi connectivity index (χ3v) is 4.43. The minimum Gasteiger partial charge on any atom is -0.480 e. The summed E-state index contributed by atoms with van der Waals surface area (Å²) in [5, 5.41) is 16.0. The first-order valence-electron chi connectivity index (χ1n) is 10.4. The molecule has 0 aromatic carbocycles. The lowest BCUT2D eigenvalue weighted by molar-refractivity contribution is -0.142. The van der Waals surface area contributed by atoms with Crippen LogP contribution in [0.3, 0.4) is 0 Å². The summed E-state index contributed by atoms with van der Waals surface area (Å²) in [6.07, 6.45) is -1.70. The predicted molar refractivity (Wildman–Crippen MR) is 117 cm³/mol. The molecule has 0 spiro atoms. The van der Waals surface area contributed by atoms with E-state index >= 15 is 0 Å². The Balaban J connectivity index is 5.54. The first kappa shape index (κ1) is 30.2. The van der Waals surface area contributed by atoms with Crippen molar-refractivity contribution < 1.29 is 38.7 Å². The summed E-state index contributed by atoms with van der Waals surface area (Å²) in [4.78, 5) is 82.4. The maximum atomic E-state index is 12.8. The molecule has 0 fully saturated rings. The molecule has 0 rings (SSSR count). The van der Waals surface area contributed by atoms with E-state index in [-0.39, 0.29) is 25.2 Å². The number of amides is 6. The molecule has 0 saturated heterocycles. The van der Waals surface area contributed by atoms with Crippen LogP contribution in [0.5, 0.6) is 0 Å². The zero-order chi connectivity index (χ0) is 26.6. The smallest absolute Gasteiger partial charge is 0.326 e. The molecule has 0 heterocycles. The normalized spacial score (nSPS) is 14.2. The van der Waals surface area contributed by atoms with Crippen molar-refractivity contribution in [1.29, 1.82) is 0 Å². The highest BCUT2D eigenvalue weighted by Gasteiger charge is 2.31. The lowest BCUT2D eigenvalue weighted by Gasteiger charge is -2.25. The highest BCUT2D eigenvalue weighted by atomic mass is 16.4. The van der Waals surface area contributed by atoms with E-state index in [1.807, 2.05) is 0 Å². The Hall–Kier alpha value is -3.75. The summed E-state index contributed by atoms with van der Waals surface area (Å²) in [6.45, 7) is 3.50. The van der Waals surface area contributed by atoms with Crippen molar-refractivity contribution >= 4 is 41.4 Å². The van der Waals surface area contributed by atoms with E-state index in [2.05, 4.69) is 16.0 Å². The van der Waals surface area contributed by atoms with E-state index in [9.17, 15) is 38.7 Å². The molecule has 15 heteroatoms. The largest absolute Gasteiger partial charge is 0.480 e. The molecule has 4 unspecified atom stereocenters. The van der Waals surface area contributed by atoms with Crippen LogP contribution in [0.15, 0.2) is 0 Å². The second-order valence-corrected chi connectivity index (χ2v) is 8.10. The quantitative estimate of drug-likeness (QED) is 0.105. The molecule has 0 aliphatic carbocycles. The summed E-state index contributed by atoms with van der Waals surface area (Å²) >= 11 is 0. The van der Waals surface area contributed by atoms with Gasteiger partial charge in [0, 0.05) is 6.42 Å². The molecule has 192 valence electrons. The second kappa shape index (κ2) is 14.4. The monoisotopic (exact) mass is 487 g/mol. The second-order valence-electron chi connectivity index (χ2n) is 8.10. The van der Waals surface area contributed by atoms with Crippen molar-refractivity contribution in [1.82, 2.24) is 16.0 Å². The molecule has 4 atom stereocenters. The number of carbonyl (C=O) groups excluding carboxylic acids is 6. The molecule has 34 heavy (non-hydrogen) atoms. The standard InChI is InChI=1S/C19H33N7O8/c1-8(2)5-11(25-16(30)9(20)6-14(22)28)17(31)26-12(7-15(23)29)18(32)24-10(19(33)34)3-4-13(21)27/h8-12H,3-7,20H2,1-2H3,(H2,21,27)(H2,22,28)(H2,23,29)(H,24,32)(H,25,30)(H,26,31)(H,33,34). The Labute approximate surface area is 195 Å². The zero-order valence-corrected chi connectivity index (χ0v) is 19.0. The summed E-state index contributed by atoms with van der Waals surface area (Å²) in [7, 11) is 0. The Morgan fingerprint density at radius 3 is 1.62 bits per heavy atom. The van der Waals surface area contributed by atoms with Gasteiger partial charge in [0.25, 0.3) is 0 Å². The van der Waals surface area contributed by atoms with Crippen LogP contribution in [-0.2, 0) is 33.6 Å². The van der Waals surface area contributed by atoms with Crippen molar-refractivity contribution in [3.05, 3.63) is 0 Å². The van der Waals surface area contributed by atoms with Crippen LogP contribution < -0.4 is 38.9 Å². The van der Waals surface area contributed by atoms with Crippen LogP contribution in [0, 0.1) is 5.92 Å². The van der Waals surface area contributed by atoms with Crippen LogP contribution in [0.25, 0.3) is 0 Å². The van der Waals surface area contributed by atoms with Crippen LogP contribution in [-0.4, -0.2) is 70.7 Å². The third kappa shape index (κ3) is 12.3. The first-order valence-corrected chi connectivity index (χ1v) is 10.4. The van der Waals surface area contributed by atoms with Gasteiger partial charge in [0.2, 0.25) is 35.4 Å². The number of rotatable bonds is 16. The number of hydrogen-bond donors (Lipinski definition) is 8. The predicted octanol–water partition coefficient (Wildman–Crippen LogP) is -4.08. The number of hydrogen-bond acceptors (Lipinski definition) is 8. The molecule has 15 nitrogen and oxygen atoms in total. The highest BCUT2D eigenvalue weighted by molar-refractivity contribution is 5.96. The van der Waals surface area contributed by atoms with Gasteiger partial charge in [0.15, 0.2) is 0 Å². The molecular formula is C19H33N7O8. The molecular weight excluding hydrogens is 454 g/mol. The first-order chi connectivity index (χ1) is 15.6. The Kier molecular flexibility index (Phi) is 12.8. The summed E-state index contributed by atoms with van der Waals surface area (Å²) < 4.78 is 0. The zero-order valence-electron chi connectivity index (χ0n) is 19.0. The fourth-order valence-corrected chi connectivity index (χ4v) is 2.79. The van der Waals surface area contributed by atoms with E-state index in [0.29, 0.717) is 0 Å². The fraction of sp³-hybridized carbons (Fsp3) is 0.632. The van der Waals surface area contributed by atoms with Crippen molar-refractivity contribution in [2.75, 3.05) is 0 Å². The Morgan fingerprint density at radius 2 is 1.18 bits per heavy atom. The van der Waals surface area contributed by atoms with Crippen molar-refractivity contribution in [2.24, 2.45) is 28.9 Å². The number of aliphatic carboxylic acids is 1. The number of carboxylic acids is 1. The van der Waals surface area contributed by atoms with Gasteiger partial charge in [-0.05, 0) is 18.8 Å². The van der Waals surface area contributed by atoms with Crippen LogP contribution in [0.4, 0.5) is 0 Å². The third-order valence-electron chi connectivity index (χ3n) is 4.43. The van der Waals surface area contributed by atoms with Gasteiger partial charge in [-0.15, -0.1) is 0 Å². The number of carboxylic acid groups (broad SMARTS) is 1. The lowest BCUT2D eigenvalue weighted by Crippen LogP contribution is -2.58. The number of carbonyl (C=O) groups is 7. The van der Waals surface area contributed by atoms with Gasteiger partial charge < -0.3 is 44.0 Å². The average molecular weight is 488 g/mol. The van der Waals surface area contributed by atoms with Crippen molar-refractivity contribution in [3.63, 3.8) is 0 Å². The van der Waals surface area contributed by atoms with Crippen LogP contribution in [0.2, 0.25) is 0 Å². The summed E-state index contributed by atoms with van der Waals surface area (Å²) in [5.74, 6) is -6.93. The van der Waals surface area contributed by atoms with Crippen LogP contribution in [0.1, 0.15) is 46.0 Å². The van der Waals surface area contributed by atoms with Gasteiger partial charge in [0.1, 0.15) is 18.1 Å². The Morgan fingerprint density at radius 1 is 0.706 bits per heavy atom. The SMILES string of the molecule is CC(C)CC(NC(=O)C(N)CC(N)=O)C(=O)NC(CC(N)=O)C(=O)NC(CCC(N)=O)C(=O)O.